The first-order valence-corrected chi connectivity index (χ1v) is 8.28. The first-order chi connectivity index (χ1) is 10.7. The highest BCUT2D eigenvalue weighted by atomic mass is 16.4. The molecular weight excluding hydrogens is 278 g/mol. The van der Waals surface area contributed by atoms with Crippen LogP contribution >= 0.6 is 0 Å². The van der Waals surface area contributed by atoms with E-state index in [1.807, 2.05) is 18.2 Å². The van der Waals surface area contributed by atoms with Crippen molar-refractivity contribution in [2.45, 2.75) is 56.9 Å². The Labute approximate surface area is 130 Å². The standard InChI is InChI=1S/C18H23NO3/c20-17(15-11-12-7-5-6-8-13(12)15)19-16-10-4-2-1-3-9-14(16)18(21)22/h5-8,14-16H,1-4,9-11H2,(H,19,20)(H,21,22). The number of carboxylic acid groups (broad SMARTS) is 1. The Morgan fingerprint density at radius 2 is 1.77 bits per heavy atom. The molecule has 0 aromatic heterocycles. The zero-order chi connectivity index (χ0) is 15.5. The van der Waals surface area contributed by atoms with Crippen LogP contribution < -0.4 is 5.32 Å². The summed E-state index contributed by atoms with van der Waals surface area (Å²) in [4.78, 5) is 24.0. The van der Waals surface area contributed by atoms with Gasteiger partial charge in [-0.1, -0.05) is 49.9 Å². The molecule has 2 aliphatic carbocycles. The van der Waals surface area contributed by atoms with E-state index in [1.165, 1.54) is 5.56 Å². The van der Waals surface area contributed by atoms with Crippen LogP contribution in [0.1, 0.15) is 55.6 Å². The maximum Gasteiger partial charge on any atom is 0.308 e. The van der Waals surface area contributed by atoms with Gasteiger partial charge in [0.2, 0.25) is 5.91 Å². The third-order valence-electron chi connectivity index (χ3n) is 5.08. The molecule has 2 N–H and O–H groups in total. The fourth-order valence-corrected chi connectivity index (χ4v) is 3.73. The van der Waals surface area contributed by atoms with Crippen molar-refractivity contribution >= 4 is 11.9 Å². The molecule has 3 atom stereocenters. The molecule has 22 heavy (non-hydrogen) atoms. The fourth-order valence-electron chi connectivity index (χ4n) is 3.73. The maximum atomic E-state index is 12.5. The van der Waals surface area contributed by atoms with Crippen molar-refractivity contribution in [2.75, 3.05) is 0 Å². The summed E-state index contributed by atoms with van der Waals surface area (Å²) in [5, 5.41) is 12.5. The van der Waals surface area contributed by atoms with E-state index < -0.39 is 11.9 Å². The molecule has 1 aromatic rings. The summed E-state index contributed by atoms with van der Waals surface area (Å²) in [6.07, 6.45) is 6.38. The quantitative estimate of drug-likeness (QED) is 0.902. The van der Waals surface area contributed by atoms with Gasteiger partial charge in [0.05, 0.1) is 11.8 Å². The van der Waals surface area contributed by atoms with Gasteiger partial charge < -0.3 is 10.4 Å². The number of rotatable bonds is 3. The topological polar surface area (TPSA) is 66.4 Å². The van der Waals surface area contributed by atoms with Crippen LogP contribution in [0.3, 0.4) is 0 Å². The van der Waals surface area contributed by atoms with Gasteiger partial charge in [-0.15, -0.1) is 0 Å². The molecule has 118 valence electrons. The number of carboxylic acids is 1. The Bertz CT molecular complexity index is 569. The lowest BCUT2D eigenvalue weighted by molar-refractivity contribution is -0.143. The summed E-state index contributed by atoms with van der Waals surface area (Å²) in [5.74, 6) is -1.33. The number of carbonyl (C=O) groups is 2. The molecule has 3 unspecified atom stereocenters. The van der Waals surface area contributed by atoms with E-state index in [4.69, 9.17) is 0 Å². The molecule has 1 aromatic carbocycles. The van der Waals surface area contributed by atoms with Crippen molar-refractivity contribution in [1.29, 1.82) is 0 Å². The zero-order valence-corrected chi connectivity index (χ0v) is 12.8. The molecule has 0 saturated heterocycles. The molecule has 0 radical (unpaired) electrons. The first kappa shape index (κ1) is 15.1. The number of carbonyl (C=O) groups excluding carboxylic acids is 1. The average molecular weight is 301 g/mol. The lowest BCUT2D eigenvalue weighted by atomic mass is 9.76. The van der Waals surface area contributed by atoms with E-state index in [1.54, 1.807) is 0 Å². The minimum Gasteiger partial charge on any atom is -0.481 e. The minimum absolute atomic E-state index is 0.00414. The summed E-state index contributed by atoms with van der Waals surface area (Å²) in [5.41, 5.74) is 2.33. The van der Waals surface area contributed by atoms with Gasteiger partial charge in [-0.25, -0.2) is 0 Å². The lowest BCUT2D eigenvalue weighted by Crippen LogP contribution is -2.47. The van der Waals surface area contributed by atoms with E-state index in [-0.39, 0.29) is 17.9 Å². The van der Waals surface area contributed by atoms with Gasteiger partial charge >= 0.3 is 5.97 Å². The van der Waals surface area contributed by atoms with Crippen molar-refractivity contribution < 1.29 is 14.7 Å². The highest BCUT2D eigenvalue weighted by Crippen LogP contribution is 2.35. The van der Waals surface area contributed by atoms with Crippen molar-refractivity contribution in [2.24, 2.45) is 5.92 Å². The molecule has 2 aliphatic rings. The lowest BCUT2D eigenvalue weighted by Gasteiger charge is -2.33. The molecule has 1 amide bonds. The highest BCUT2D eigenvalue weighted by Gasteiger charge is 2.35. The van der Waals surface area contributed by atoms with Crippen molar-refractivity contribution in [3.8, 4) is 0 Å². The van der Waals surface area contributed by atoms with E-state index in [9.17, 15) is 14.7 Å². The van der Waals surface area contributed by atoms with Gasteiger partial charge in [0.25, 0.3) is 0 Å². The van der Waals surface area contributed by atoms with Crippen LogP contribution in [0.4, 0.5) is 0 Å². The summed E-state index contributed by atoms with van der Waals surface area (Å²) in [6.45, 7) is 0. The molecule has 0 aliphatic heterocycles. The van der Waals surface area contributed by atoms with Crippen LogP contribution in [-0.2, 0) is 16.0 Å². The number of hydrogen-bond acceptors (Lipinski definition) is 2. The summed E-state index contributed by atoms with van der Waals surface area (Å²) in [7, 11) is 0. The molecule has 0 spiro atoms. The van der Waals surface area contributed by atoms with Crippen LogP contribution in [-0.4, -0.2) is 23.0 Å². The monoisotopic (exact) mass is 301 g/mol. The van der Waals surface area contributed by atoms with Crippen molar-refractivity contribution in [1.82, 2.24) is 5.32 Å². The number of fused-ring (bicyclic) bond motifs is 1. The van der Waals surface area contributed by atoms with Gasteiger partial charge in [0.1, 0.15) is 0 Å². The first-order valence-electron chi connectivity index (χ1n) is 8.28. The maximum absolute atomic E-state index is 12.5. The molecule has 0 heterocycles. The molecular formula is C18H23NO3. The van der Waals surface area contributed by atoms with Gasteiger partial charge in [-0.05, 0) is 30.4 Å². The predicted octanol–water partition coefficient (Wildman–Crippen LogP) is 2.87. The highest BCUT2D eigenvalue weighted by molar-refractivity contribution is 5.87. The second-order valence-electron chi connectivity index (χ2n) is 6.51. The predicted molar refractivity (Wildman–Crippen MR) is 83.6 cm³/mol. The van der Waals surface area contributed by atoms with Crippen LogP contribution in [0.15, 0.2) is 24.3 Å². The van der Waals surface area contributed by atoms with E-state index in [0.29, 0.717) is 6.42 Å². The van der Waals surface area contributed by atoms with Crippen molar-refractivity contribution in [3.05, 3.63) is 35.4 Å². The SMILES string of the molecule is O=C(NC1CCCCCCC1C(=O)O)C1Cc2ccccc21. The summed E-state index contributed by atoms with van der Waals surface area (Å²) < 4.78 is 0. The number of amides is 1. The Kier molecular flexibility index (Phi) is 4.46. The zero-order valence-electron chi connectivity index (χ0n) is 12.8. The third kappa shape index (κ3) is 3.01. The molecule has 4 nitrogen and oxygen atoms in total. The van der Waals surface area contributed by atoms with Crippen LogP contribution in [0.25, 0.3) is 0 Å². The summed E-state index contributed by atoms with van der Waals surface area (Å²) >= 11 is 0. The second kappa shape index (κ2) is 6.51. The number of aliphatic carboxylic acids is 1. The van der Waals surface area contributed by atoms with Crippen LogP contribution in [0, 0.1) is 5.92 Å². The van der Waals surface area contributed by atoms with Crippen LogP contribution in [0.2, 0.25) is 0 Å². The smallest absolute Gasteiger partial charge is 0.308 e. The molecule has 4 heteroatoms. The van der Waals surface area contributed by atoms with E-state index in [2.05, 4.69) is 11.4 Å². The van der Waals surface area contributed by atoms with Gasteiger partial charge in [-0.3, -0.25) is 9.59 Å². The van der Waals surface area contributed by atoms with Gasteiger partial charge in [0.15, 0.2) is 0 Å². The molecule has 1 saturated carbocycles. The summed E-state index contributed by atoms with van der Waals surface area (Å²) in [6, 6.07) is 7.76. The normalized spacial score (nSPS) is 27.7. The molecule has 0 bridgehead atoms. The number of nitrogens with one attached hydrogen (secondary N) is 1. The Morgan fingerprint density at radius 1 is 1.05 bits per heavy atom. The van der Waals surface area contributed by atoms with E-state index in [0.717, 1.165) is 44.1 Å². The third-order valence-corrected chi connectivity index (χ3v) is 5.08. The fraction of sp³-hybridized carbons (Fsp3) is 0.556. The van der Waals surface area contributed by atoms with Crippen molar-refractivity contribution in [3.63, 3.8) is 0 Å². The largest absolute Gasteiger partial charge is 0.481 e. The van der Waals surface area contributed by atoms with Gasteiger partial charge in [-0.2, -0.15) is 0 Å². The average Bonchev–Trinajstić information content (AvgIpc) is 2.43. The van der Waals surface area contributed by atoms with E-state index >= 15 is 0 Å². The Morgan fingerprint density at radius 3 is 2.50 bits per heavy atom. The molecule has 1 fully saturated rings. The number of hydrogen-bond donors (Lipinski definition) is 2. The van der Waals surface area contributed by atoms with Crippen LogP contribution in [0.5, 0.6) is 0 Å². The second-order valence-corrected chi connectivity index (χ2v) is 6.51. The Balaban J connectivity index is 1.67. The van der Waals surface area contributed by atoms with Gasteiger partial charge in [0, 0.05) is 6.04 Å². The minimum atomic E-state index is -0.777. The Hall–Kier alpha value is -1.84. The number of benzene rings is 1. The molecule has 3 rings (SSSR count).